The molecule has 1 unspecified atom stereocenters. The Bertz CT molecular complexity index is 586. The Labute approximate surface area is 114 Å². The van der Waals surface area contributed by atoms with E-state index < -0.39 is 15.8 Å². The number of hydrogen-bond donors (Lipinski definition) is 1. The van der Waals surface area contributed by atoms with Crippen LogP contribution in [-0.4, -0.2) is 30.8 Å². The van der Waals surface area contributed by atoms with Crippen molar-refractivity contribution in [1.82, 2.24) is 4.98 Å². The van der Waals surface area contributed by atoms with E-state index in [0.29, 0.717) is 12.2 Å². The van der Waals surface area contributed by atoms with Gasteiger partial charge in [0.2, 0.25) is 5.91 Å². The molecule has 0 spiro atoms. The largest absolute Gasteiger partial charge is 0.310 e. The first-order valence-corrected chi connectivity index (χ1v) is 8.13. The van der Waals surface area contributed by atoms with Crippen molar-refractivity contribution >= 4 is 37.5 Å². The summed E-state index contributed by atoms with van der Waals surface area (Å²) in [6.45, 7) is 1.82. The molecule has 0 radical (unpaired) electrons. The summed E-state index contributed by atoms with van der Waals surface area (Å²) >= 11 is 3.32. The molecule has 5 nitrogen and oxygen atoms in total. The zero-order valence-electron chi connectivity index (χ0n) is 9.81. The molecule has 1 saturated heterocycles. The summed E-state index contributed by atoms with van der Waals surface area (Å²) in [6.07, 6.45) is 0.393. The lowest BCUT2D eigenvalue weighted by molar-refractivity contribution is -0.119. The highest BCUT2D eigenvalue weighted by Gasteiger charge is 2.33. The van der Waals surface area contributed by atoms with Crippen LogP contribution >= 0.6 is 15.9 Å². The van der Waals surface area contributed by atoms with E-state index in [9.17, 15) is 13.2 Å². The van der Waals surface area contributed by atoms with Crippen molar-refractivity contribution in [2.24, 2.45) is 5.92 Å². The van der Waals surface area contributed by atoms with Crippen molar-refractivity contribution in [2.75, 3.05) is 16.8 Å². The van der Waals surface area contributed by atoms with Crippen LogP contribution in [0.15, 0.2) is 16.6 Å². The van der Waals surface area contributed by atoms with Gasteiger partial charge in [-0.25, -0.2) is 13.4 Å². The highest BCUT2D eigenvalue weighted by Crippen LogP contribution is 2.21. The molecule has 1 aromatic rings. The second kappa shape index (κ2) is 4.97. The second-order valence-corrected chi connectivity index (χ2v) is 7.44. The molecular weight excluding hydrogens is 320 g/mol. The summed E-state index contributed by atoms with van der Waals surface area (Å²) in [5.41, 5.74) is 0.770. The number of amides is 1. The van der Waals surface area contributed by atoms with Crippen LogP contribution in [-0.2, 0) is 14.6 Å². The molecule has 18 heavy (non-hydrogen) atoms. The lowest BCUT2D eigenvalue weighted by Gasteiger charge is -2.09. The number of hydrogen-bond acceptors (Lipinski definition) is 4. The number of carbonyl (C=O) groups is 1. The minimum atomic E-state index is -3.04. The van der Waals surface area contributed by atoms with Gasteiger partial charge in [0.15, 0.2) is 9.84 Å². The molecule has 1 N–H and O–H groups in total. The average Bonchev–Trinajstić information content (AvgIpc) is 2.64. The van der Waals surface area contributed by atoms with Crippen molar-refractivity contribution in [3.63, 3.8) is 0 Å². The fourth-order valence-corrected chi connectivity index (χ4v) is 3.81. The maximum atomic E-state index is 11.9. The van der Waals surface area contributed by atoms with Gasteiger partial charge in [0.05, 0.1) is 23.1 Å². The molecule has 1 amide bonds. The quantitative estimate of drug-likeness (QED) is 0.890. The fraction of sp³-hybridized carbons (Fsp3) is 0.455. The highest BCUT2D eigenvalue weighted by molar-refractivity contribution is 9.10. The van der Waals surface area contributed by atoms with E-state index in [4.69, 9.17) is 0 Å². The SMILES string of the molecule is Cc1nc(NC(=O)C2CCS(=O)(=O)C2)ccc1Br. The van der Waals surface area contributed by atoms with E-state index >= 15 is 0 Å². The predicted molar refractivity (Wildman–Crippen MR) is 72.1 cm³/mol. The minimum Gasteiger partial charge on any atom is -0.310 e. The van der Waals surface area contributed by atoms with Gasteiger partial charge in [-0.1, -0.05) is 0 Å². The zero-order chi connectivity index (χ0) is 13.3. The van der Waals surface area contributed by atoms with Gasteiger partial charge in [-0.2, -0.15) is 0 Å². The minimum absolute atomic E-state index is 0.0612. The number of nitrogens with zero attached hydrogens (tertiary/aromatic N) is 1. The number of anilines is 1. The van der Waals surface area contributed by atoms with E-state index in [1.807, 2.05) is 6.92 Å². The summed E-state index contributed by atoms with van der Waals surface area (Å²) in [7, 11) is -3.04. The van der Waals surface area contributed by atoms with Crippen molar-refractivity contribution in [3.8, 4) is 0 Å². The topological polar surface area (TPSA) is 76.1 Å². The van der Waals surface area contributed by atoms with E-state index in [0.717, 1.165) is 10.2 Å². The number of pyridine rings is 1. The normalized spacial score (nSPS) is 21.8. The first-order valence-electron chi connectivity index (χ1n) is 5.52. The third kappa shape index (κ3) is 3.08. The summed E-state index contributed by atoms with van der Waals surface area (Å²) in [5, 5.41) is 2.65. The van der Waals surface area contributed by atoms with Crippen LogP contribution in [0.5, 0.6) is 0 Å². The number of carbonyl (C=O) groups excluding carboxylic acids is 1. The Morgan fingerprint density at radius 3 is 2.78 bits per heavy atom. The molecule has 0 aromatic carbocycles. The summed E-state index contributed by atoms with van der Waals surface area (Å²) in [4.78, 5) is 16.1. The first kappa shape index (κ1) is 13.5. The van der Waals surface area contributed by atoms with Crippen LogP contribution in [0.4, 0.5) is 5.82 Å². The molecule has 1 aliphatic rings. The molecule has 2 heterocycles. The first-order chi connectivity index (χ1) is 8.37. The van der Waals surface area contributed by atoms with Gasteiger partial charge in [0, 0.05) is 4.47 Å². The van der Waals surface area contributed by atoms with Crippen LogP contribution in [0.1, 0.15) is 12.1 Å². The van der Waals surface area contributed by atoms with Gasteiger partial charge < -0.3 is 5.32 Å². The van der Waals surface area contributed by atoms with Crippen LogP contribution in [0.25, 0.3) is 0 Å². The molecule has 1 aliphatic heterocycles. The molecule has 0 saturated carbocycles. The van der Waals surface area contributed by atoms with Crippen LogP contribution < -0.4 is 5.32 Å². The van der Waals surface area contributed by atoms with E-state index in [2.05, 4.69) is 26.2 Å². The molecule has 1 aromatic heterocycles. The number of aromatic nitrogens is 1. The van der Waals surface area contributed by atoms with Gasteiger partial charge >= 0.3 is 0 Å². The van der Waals surface area contributed by atoms with Crippen LogP contribution in [0.2, 0.25) is 0 Å². The van der Waals surface area contributed by atoms with Crippen molar-refractivity contribution < 1.29 is 13.2 Å². The lowest BCUT2D eigenvalue weighted by Crippen LogP contribution is -2.24. The van der Waals surface area contributed by atoms with E-state index in [1.54, 1.807) is 12.1 Å². The smallest absolute Gasteiger partial charge is 0.229 e. The maximum absolute atomic E-state index is 11.9. The molecule has 0 bridgehead atoms. The van der Waals surface area contributed by atoms with Gasteiger partial charge in [0.1, 0.15) is 5.82 Å². The second-order valence-electron chi connectivity index (χ2n) is 4.35. The lowest BCUT2D eigenvalue weighted by atomic mass is 10.1. The van der Waals surface area contributed by atoms with Crippen LogP contribution in [0, 0.1) is 12.8 Å². The monoisotopic (exact) mass is 332 g/mol. The molecule has 2 rings (SSSR count). The number of aryl methyl sites for hydroxylation is 1. The van der Waals surface area contributed by atoms with Crippen LogP contribution in [0.3, 0.4) is 0 Å². The number of halogens is 1. The third-order valence-corrected chi connectivity index (χ3v) is 5.48. The number of rotatable bonds is 2. The standard InChI is InChI=1S/C11H13BrN2O3S/c1-7-9(12)2-3-10(13-7)14-11(15)8-4-5-18(16,17)6-8/h2-3,8H,4-6H2,1H3,(H,13,14,15). The molecule has 7 heteroatoms. The average molecular weight is 333 g/mol. The molecule has 98 valence electrons. The Morgan fingerprint density at radius 1 is 1.50 bits per heavy atom. The van der Waals surface area contributed by atoms with Crippen molar-refractivity contribution in [1.29, 1.82) is 0 Å². The number of sulfone groups is 1. The Hall–Kier alpha value is -0.950. The molecular formula is C11H13BrN2O3S. The highest BCUT2D eigenvalue weighted by atomic mass is 79.9. The third-order valence-electron chi connectivity index (χ3n) is 2.88. The van der Waals surface area contributed by atoms with Gasteiger partial charge in [-0.15, -0.1) is 0 Å². The predicted octanol–water partition coefficient (Wildman–Crippen LogP) is 1.53. The maximum Gasteiger partial charge on any atom is 0.229 e. The summed E-state index contributed by atoms with van der Waals surface area (Å²) in [5.74, 6) is -0.247. The zero-order valence-corrected chi connectivity index (χ0v) is 12.2. The van der Waals surface area contributed by atoms with Crippen molar-refractivity contribution in [3.05, 3.63) is 22.3 Å². The summed E-state index contributed by atoms with van der Waals surface area (Å²) < 4.78 is 23.5. The molecule has 1 fully saturated rings. The number of nitrogens with one attached hydrogen (secondary N) is 1. The molecule has 0 aliphatic carbocycles. The Balaban J connectivity index is 2.06. The van der Waals surface area contributed by atoms with Gasteiger partial charge in [0.25, 0.3) is 0 Å². The van der Waals surface area contributed by atoms with Crippen molar-refractivity contribution in [2.45, 2.75) is 13.3 Å². The Kier molecular flexibility index (Phi) is 3.72. The molecule has 1 atom stereocenters. The Morgan fingerprint density at radius 2 is 2.22 bits per heavy atom. The van der Waals surface area contributed by atoms with Gasteiger partial charge in [-0.05, 0) is 41.4 Å². The summed E-state index contributed by atoms with van der Waals surface area (Å²) in [6, 6.07) is 3.47. The fourth-order valence-electron chi connectivity index (χ4n) is 1.84. The van der Waals surface area contributed by atoms with E-state index in [-0.39, 0.29) is 17.4 Å². The van der Waals surface area contributed by atoms with Gasteiger partial charge in [-0.3, -0.25) is 4.79 Å². The van der Waals surface area contributed by atoms with E-state index in [1.165, 1.54) is 0 Å².